The molecule has 1 amide bonds. The molecule has 156 valence electrons. The number of hydrogen-bond acceptors (Lipinski definition) is 6. The van der Waals surface area contributed by atoms with E-state index in [1.54, 1.807) is 32.4 Å². The maximum Gasteiger partial charge on any atom is 0.226 e. The van der Waals surface area contributed by atoms with E-state index < -0.39 is 0 Å². The van der Waals surface area contributed by atoms with Gasteiger partial charge in [-0.2, -0.15) is 0 Å². The standard InChI is InChI=1S/C22H30N4O3/c1-25-12-14-26(15-13-25)18-6-4-17(5-7-18)23-11-10-22(27)24-20-9-8-19(28-2)16-21(20)29-3/h4-9,16,23H,10-15H2,1-3H3,(H,24,27). The zero-order chi connectivity index (χ0) is 20.6. The number of methoxy groups -OCH3 is 2. The van der Waals surface area contributed by atoms with Crippen molar-refractivity contribution in [1.29, 1.82) is 0 Å². The molecule has 7 nitrogen and oxygen atoms in total. The lowest BCUT2D eigenvalue weighted by atomic mass is 10.2. The zero-order valence-electron chi connectivity index (χ0n) is 17.4. The van der Waals surface area contributed by atoms with E-state index in [2.05, 4.69) is 51.7 Å². The lowest BCUT2D eigenvalue weighted by Gasteiger charge is -2.34. The van der Waals surface area contributed by atoms with Gasteiger partial charge in [-0.3, -0.25) is 4.79 Å². The molecule has 29 heavy (non-hydrogen) atoms. The SMILES string of the molecule is COc1ccc(NC(=O)CCNc2ccc(N3CCN(C)CC3)cc2)c(OC)c1. The lowest BCUT2D eigenvalue weighted by Crippen LogP contribution is -2.44. The van der Waals surface area contributed by atoms with Crippen LogP contribution in [0.4, 0.5) is 17.1 Å². The summed E-state index contributed by atoms with van der Waals surface area (Å²) in [6, 6.07) is 13.7. The van der Waals surface area contributed by atoms with Crippen molar-refractivity contribution in [2.45, 2.75) is 6.42 Å². The molecular weight excluding hydrogens is 368 g/mol. The van der Waals surface area contributed by atoms with Crippen molar-refractivity contribution in [3.8, 4) is 11.5 Å². The van der Waals surface area contributed by atoms with Gasteiger partial charge in [0, 0.05) is 56.6 Å². The van der Waals surface area contributed by atoms with Gasteiger partial charge in [0.1, 0.15) is 11.5 Å². The maximum atomic E-state index is 12.3. The first-order valence-electron chi connectivity index (χ1n) is 9.88. The van der Waals surface area contributed by atoms with Gasteiger partial charge in [0.25, 0.3) is 0 Å². The lowest BCUT2D eigenvalue weighted by molar-refractivity contribution is -0.116. The van der Waals surface area contributed by atoms with E-state index in [-0.39, 0.29) is 5.91 Å². The van der Waals surface area contributed by atoms with Crippen molar-refractivity contribution in [3.05, 3.63) is 42.5 Å². The number of benzene rings is 2. The van der Waals surface area contributed by atoms with Crippen molar-refractivity contribution in [2.24, 2.45) is 0 Å². The molecule has 0 aromatic heterocycles. The Bertz CT molecular complexity index is 802. The molecule has 0 aliphatic carbocycles. The number of piperazine rings is 1. The largest absolute Gasteiger partial charge is 0.497 e. The summed E-state index contributed by atoms with van der Waals surface area (Å²) < 4.78 is 10.5. The highest BCUT2D eigenvalue weighted by molar-refractivity contribution is 5.92. The Balaban J connectivity index is 1.45. The number of likely N-dealkylation sites (N-methyl/N-ethyl adjacent to an activating group) is 1. The number of amides is 1. The number of anilines is 3. The van der Waals surface area contributed by atoms with Gasteiger partial charge in [0.05, 0.1) is 19.9 Å². The van der Waals surface area contributed by atoms with E-state index in [9.17, 15) is 4.79 Å². The molecule has 0 atom stereocenters. The average molecular weight is 399 g/mol. The van der Waals surface area contributed by atoms with E-state index in [1.165, 1.54) is 5.69 Å². The molecule has 0 saturated carbocycles. The Morgan fingerprint density at radius 1 is 1.00 bits per heavy atom. The van der Waals surface area contributed by atoms with E-state index >= 15 is 0 Å². The molecule has 7 heteroatoms. The van der Waals surface area contributed by atoms with Gasteiger partial charge in [0.15, 0.2) is 0 Å². The van der Waals surface area contributed by atoms with Crippen molar-refractivity contribution in [3.63, 3.8) is 0 Å². The van der Waals surface area contributed by atoms with E-state index in [0.29, 0.717) is 30.2 Å². The second-order valence-electron chi connectivity index (χ2n) is 7.13. The average Bonchev–Trinajstić information content (AvgIpc) is 2.75. The predicted octanol–water partition coefficient (Wildman–Crippen LogP) is 2.90. The Kier molecular flexibility index (Phi) is 7.19. The smallest absolute Gasteiger partial charge is 0.226 e. The molecule has 1 aliphatic rings. The summed E-state index contributed by atoms with van der Waals surface area (Å²) in [5.41, 5.74) is 2.89. The fraction of sp³-hybridized carbons (Fsp3) is 0.409. The van der Waals surface area contributed by atoms with Crippen LogP contribution in [-0.2, 0) is 4.79 Å². The van der Waals surface area contributed by atoms with Crippen molar-refractivity contribution >= 4 is 23.0 Å². The Labute approximate surface area is 172 Å². The highest BCUT2D eigenvalue weighted by Crippen LogP contribution is 2.29. The van der Waals surface area contributed by atoms with Gasteiger partial charge < -0.3 is 29.9 Å². The number of nitrogens with zero attached hydrogens (tertiary/aromatic N) is 2. The molecule has 1 saturated heterocycles. The van der Waals surface area contributed by atoms with Crippen LogP contribution in [-0.4, -0.2) is 64.8 Å². The molecule has 3 rings (SSSR count). The summed E-state index contributed by atoms with van der Waals surface area (Å²) in [7, 11) is 5.32. The number of rotatable bonds is 8. The molecule has 2 aromatic carbocycles. The van der Waals surface area contributed by atoms with Crippen LogP contribution in [0.5, 0.6) is 11.5 Å². The van der Waals surface area contributed by atoms with Crippen LogP contribution in [0.1, 0.15) is 6.42 Å². The first-order valence-corrected chi connectivity index (χ1v) is 9.88. The topological polar surface area (TPSA) is 66.1 Å². The quantitative estimate of drug-likeness (QED) is 0.713. The number of carbonyl (C=O) groups excluding carboxylic acids is 1. The zero-order valence-corrected chi connectivity index (χ0v) is 17.4. The minimum atomic E-state index is -0.0741. The number of hydrogen-bond donors (Lipinski definition) is 2. The molecule has 2 N–H and O–H groups in total. The van der Waals surface area contributed by atoms with Crippen molar-refractivity contribution in [1.82, 2.24) is 4.90 Å². The van der Waals surface area contributed by atoms with Crippen LogP contribution in [0.15, 0.2) is 42.5 Å². The summed E-state index contributed by atoms with van der Waals surface area (Å²) in [5, 5.41) is 6.19. The minimum absolute atomic E-state index is 0.0741. The first-order chi connectivity index (χ1) is 14.1. The molecule has 1 heterocycles. The highest BCUT2D eigenvalue weighted by Gasteiger charge is 2.14. The monoisotopic (exact) mass is 398 g/mol. The molecule has 0 radical (unpaired) electrons. The number of carbonyl (C=O) groups is 1. The Hall–Kier alpha value is -2.93. The van der Waals surface area contributed by atoms with E-state index in [4.69, 9.17) is 9.47 Å². The number of nitrogens with one attached hydrogen (secondary N) is 2. The fourth-order valence-corrected chi connectivity index (χ4v) is 3.29. The van der Waals surface area contributed by atoms with Crippen LogP contribution in [0.25, 0.3) is 0 Å². The summed E-state index contributed by atoms with van der Waals surface area (Å²) >= 11 is 0. The maximum absolute atomic E-state index is 12.3. The first kappa shape index (κ1) is 20.8. The molecule has 0 bridgehead atoms. The third-order valence-electron chi connectivity index (χ3n) is 5.10. The normalized spacial score (nSPS) is 14.4. The highest BCUT2D eigenvalue weighted by atomic mass is 16.5. The molecule has 0 spiro atoms. The number of ether oxygens (including phenoxy) is 2. The van der Waals surface area contributed by atoms with Gasteiger partial charge in [-0.05, 0) is 43.4 Å². The van der Waals surface area contributed by atoms with Crippen LogP contribution in [0.3, 0.4) is 0 Å². The van der Waals surface area contributed by atoms with E-state index in [1.807, 2.05) is 0 Å². The van der Waals surface area contributed by atoms with Gasteiger partial charge >= 0.3 is 0 Å². The second kappa shape index (κ2) is 10.0. The summed E-state index contributed by atoms with van der Waals surface area (Å²) in [4.78, 5) is 17.0. The Morgan fingerprint density at radius 2 is 1.72 bits per heavy atom. The molecule has 2 aromatic rings. The summed E-state index contributed by atoms with van der Waals surface area (Å²) in [5.74, 6) is 1.18. The predicted molar refractivity (Wildman–Crippen MR) is 117 cm³/mol. The van der Waals surface area contributed by atoms with Gasteiger partial charge in [-0.15, -0.1) is 0 Å². The van der Waals surface area contributed by atoms with Crippen LogP contribution < -0.4 is 25.0 Å². The van der Waals surface area contributed by atoms with E-state index in [0.717, 1.165) is 31.9 Å². The summed E-state index contributed by atoms with van der Waals surface area (Å²) in [6.45, 7) is 4.84. The van der Waals surface area contributed by atoms with Gasteiger partial charge in [-0.25, -0.2) is 0 Å². The molecule has 0 unspecified atom stereocenters. The van der Waals surface area contributed by atoms with Crippen LogP contribution in [0.2, 0.25) is 0 Å². The minimum Gasteiger partial charge on any atom is -0.497 e. The second-order valence-corrected chi connectivity index (χ2v) is 7.13. The van der Waals surface area contributed by atoms with Crippen molar-refractivity contribution < 1.29 is 14.3 Å². The van der Waals surface area contributed by atoms with Crippen LogP contribution >= 0.6 is 0 Å². The fourth-order valence-electron chi connectivity index (χ4n) is 3.29. The molecular formula is C22H30N4O3. The van der Waals surface area contributed by atoms with Gasteiger partial charge in [0.2, 0.25) is 5.91 Å². The van der Waals surface area contributed by atoms with Gasteiger partial charge in [-0.1, -0.05) is 0 Å². The Morgan fingerprint density at radius 3 is 2.38 bits per heavy atom. The molecule has 1 fully saturated rings. The van der Waals surface area contributed by atoms with Crippen molar-refractivity contribution in [2.75, 3.05) is 69.5 Å². The third kappa shape index (κ3) is 5.77. The third-order valence-corrected chi connectivity index (χ3v) is 5.10. The molecule has 1 aliphatic heterocycles. The summed E-state index contributed by atoms with van der Waals surface area (Å²) in [6.07, 6.45) is 0.357. The van der Waals surface area contributed by atoms with Crippen LogP contribution in [0, 0.1) is 0 Å².